The van der Waals surface area contributed by atoms with Crippen molar-refractivity contribution in [2.45, 2.75) is 128 Å². The van der Waals surface area contributed by atoms with Crippen molar-refractivity contribution in [3.63, 3.8) is 0 Å². The lowest BCUT2D eigenvalue weighted by molar-refractivity contribution is -0.128. The van der Waals surface area contributed by atoms with Gasteiger partial charge in [-0.3, -0.25) is 4.90 Å². The second kappa shape index (κ2) is 17.9. The van der Waals surface area contributed by atoms with E-state index >= 15 is 0 Å². The van der Waals surface area contributed by atoms with Gasteiger partial charge < -0.3 is 19.3 Å². The quantitative estimate of drug-likeness (QED) is 0.172. The molecule has 1 unspecified atom stereocenters. The summed E-state index contributed by atoms with van der Waals surface area (Å²) in [5.74, 6) is 0. The van der Waals surface area contributed by atoms with Gasteiger partial charge in [-0.1, -0.05) is 119 Å². The number of unbranched alkanes of at least 4 members (excludes halogenated alkanes) is 6. The lowest BCUT2D eigenvalue weighted by Gasteiger charge is -2.36. The molecule has 1 N–H and O–H groups in total. The predicted molar refractivity (Wildman–Crippen MR) is 164 cm³/mol. The van der Waals surface area contributed by atoms with Gasteiger partial charge in [-0.05, 0) is 44.5 Å². The van der Waals surface area contributed by atoms with Crippen molar-refractivity contribution in [3.8, 4) is 0 Å². The molecule has 1 aliphatic carbocycles. The maximum atomic E-state index is 11.2. The fraction of sp³-hybridized carbons (Fsp3) is 0.657. The number of benzene rings is 2. The first-order chi connectivity index (χ1) is 19.4. The molecule has 0 aromatic heterocycles. The molecular weight excluding hydrogens is 498 g/mol. The van der Waals surface area contributed by atoms with Gasteiger partial charge in [0.1, 0.15) is 6.10 Å². The van der Waals surface area contributed by atoms with Gasteiger partial charge in [-0.25, -0.2) is 0 Å². The Morgan fingerprint density at radius 3 is 1.90 bits per heavy atom. The molecular formula is C35H55NO4. The van der Waals surface area contributed by atoms with Crippen LogP contribution in [0.25, 0.3) is 0 Å². The van der Waals surface area contributed by atoms with Crippen LogP contribution >= 0.6 is 0 Å². The van der Waals surface area contributed by atoms with E-state index in [0.29, 0.717) is 19.8 Å². The van der Waals surface area contributed by atoms with Crippen molar-refractivity contribution >= 4 is 0 Å². The van der Waals surface area contributed by atoms with Crippen LogP contribution in [0, 0.1) is 0 Å². The average molecular weight is 554 g/mol. The third kappa shape index (κ3) is 11.3. The van der Waals surface area contributed by atoms with Gasteiger partial charge in [0.25, 0.3) is 0 Å². The Morgan fingerprint density at radius 2 is 1.30 bits per heavy atom. The third-order valence-corrected chi connectivity index (χ3v) is 8.19. The smallest absolute Gasteiger partial charge is 0.102 e. The Bertz CT molecular complexity index is 906. The minimum absolute atomic E-state index is 0.0170. The highest BCUT2D eigenvalue weighted by Gasteiger charge is 2.48. The van der Waals surface area contributed by atoms with Gasteiger partial charge in [-0.2, -0.15) is 0 Å². The van der Waals surface area contributed by atoms with Crippen LogP contribution in [0.5, 0.6) is 0 Å². The summed E-state index contributed by atoms with van der Waals surface area (Å²) in [7, 11) is 2.21. The van der Waals surface area contributed by atoms with E-state index in [2.05, 4.69) is 74.3 Å². The van der Waals surface area contributed by atoms with Crippen LogP contribution in [-0.2, 0) is 27.4 Å². The standard InChI is InChI=1S/C35H55NO4/c1-5-7-9-10-18-24-36(4)33-31(38-26-29-19-13-11-14-20-29)25-32(39-27-30-21-15-12-16-22-30)34(33)40-28-35(3,37)23-17-8-6-2/h11-16,19-22,31-34,37H,5-10,17-18,23-28H2,1-4H3/t31-,32+,33+,34+,35?/m1/s1. The molecule has 5 heteroatoms. The number of hydrogen-bond acceptors (Lipinski definition) is 5. The number of rotatable bonds is 20. The summed E-state index contributed by atoms with van der Waals surface area (Å²) in [5, 5.41) is 11.2. The first kappa shape index (κ1) is 32.8. The van der Waals surface area contributed by atoms with Gasteiger partial charge >= 0.3 is 0 Å². The summed E-state index contributed by atoms with van der Waals surface area (Å²) in [4.78, 5) is 2.43. The summed E-state index contributed by atoms with van der Waals surface area (Å²) in [6, 6.07) is 20.8. The van der Waals surface area contributed by atoms with Crippen molar-refractivity contribution in [3.05, 3.63) is 71.8 Å². The molecule has 0 amide bonds. The Kier molecular flexibility index (Phi) is 14.7. The molecule has 1 fully saturated rings. The molecule has 0 bridgehead atoms. The summed E-state index contributed by atoms with van der Waals surface area (Å²) in [6.07, 6.45) is 10.7. The highest BCUT2D eigenvalue weighted by atomic mass is 16.6. The fourth-order valence-corrected chi connectivity index (χ4v) is 5.78. The summed E-state index contributed by atoms with van der Waals surface area (Å²) in [5.41, 5.74) is 1.47. The second-order valence-electron chi connectivity index (χ2n) is 12.0. The Balaban J connectivity index is 1.76. The Labute approximate surface area is 244 Å². The van der Waals surface area contributed by atoms with Crippen LogP contribution in [0.2, 0.25) is 0 Å². The zero-order chi connectivity index (χ0) is 28.6. The maximum Gasteiger partial charge on any atom is 0.102 e. The van der Waals surface area contributed by atoms with Gasteiger partial charge in [0.2, 0.25) is 0 Å². The minimum Gasteiger partial charge on any atom is -0.388 e. The van der Waals surface area contributed by atoms with Gasteiger partial charge in [0.15, 0.2) is 0 Å². The summed E-state index contributed by atoms with van der Waals surface area (Å²) >= 11 is 0. The van der Waals surface area contributed by atoms with Crippen LogP contribution < -0.4 is 0 Å². The van der Waals surface area contributed by atoms with E-state index in [9.17, 15) is 5.11 Å². The number of ether oxygens (including phenoxy) is 3. The van der Waals surface area contributed by atoms with Crippen LogP contribution in [0.15, 0.2) is 60.7 Å². The lowest BCUT2D eigenvalue weighted by Crippen LogP contribution is -2.50. The molecule has 3 rings (SSSR count). The first-order valence-electron chi connectivity index (χ1n) is 15.8. The zero-order valence-electron chi connectivity index (χ0n) is 25.6. The molecule has 0 radical (unpaired) electrons. The summed E-state index contributed by atoms with van der Waals surface area (Å²) < 4.78 is 19.9. The highest BCUT2D eigenvalue weighted by molar-refractivity contribution is 5.15. The molecule has 2 aromatic rings. The molecule has 0 saturated heterocycles. The van der Waals surface area contributed by atoms with Crippen LogP contribution in [0.4, 0.5) is 0 Å². The van der Waals surface area contributed by atoms with Gasteiger partial charge in [-0.15, -0.1) is 0 Å². The Morgan fingerprint density at radius 1 is 0.750 bits per heavy atom. The highest BCUT2D eigenvalue weighted by Crippen LogP contribution is 2.34. The molecule has 40 heavy (non-hydrogen) atoms. The molecule has 0 heterocycles. The third-order valence-electron chi connectivity index (χ3n) is 8.19. The molecule has 224 valence electrons. The van der Waals surface area contributed by atoms with Gasteiger partial charge in [0.05, 0.1) is 43.7 Å². The molecule has 2 aromatic carbocycles. The van der Waals surface area contributed by atoms with Crippen LogP contribution in [0.1, 0.15) is 96.1 Å². The minimum atomic E-state index is -0.856. The zero-order valence-corrected chi connectivity index (χ0v) is 25.6. The van der Waals surface area contributed by atoms with E-state index < -0.39 is 5.60 Å². The van der Waals surface area contributed by atoms with Crippen LogP contribution in [0.3, 0.4) is 0 Å². The Hall–Kier alpha value is -1.76. The SMILES string of the molecule is CCCCCCCN(C)[C@@H]1[C@@H](OCC(C)(O)CCCCC)[C@@H](OCc2ccccc2)C[C@H]1OCc1ccccc1. The van der Waals surface area contributed by atoms with Crippen molar-refractivity contribution in [1.29, 1.82) is 0 Å². The maximum absolute atomic E-state index is 11.2. The molecule has 0 aliphatic heterocycles. The fourth-order valence-electron chi connectivity index (χ4n) is 5.78. The number of hydrogen-bond donors (Lipinski definition) is 1. The van der Waals surface area contributed by atoms with E-state index in [-0.39, 0.29) is 24.4 Å². The number of aliphatic hydroxyl groups is 1. The number of likely N-dealkylation sites (N-methyl/N-ethyl adjacent to an activating group) is 1. The average Bonchev–Trinajstić information content (AvgIpc) is 3.32. The molecule has 5 nitrogen and oxygen atoms in total. The van der Waals surface area contributed by atoms with Crippen LogP contribution in [-0.4, -0.2) is 60.2 Å². The van der Waals surface area contributed by atoms with E-state index in [0.717, 1.165) is 50.6 Å². The van der Waals surface area contributed by atoms with E-state index in [1.165, 1.54) is 31.2 Å². The lowest BCUT2D eigenvalue weighted by atomic mass is 9.99. The molecule has 0 spiro atoms. The van der Waals surface area contributed by atoms with Crippen molar-refractivity contribution in [1.82, 2.24) is 4.90 Å². The normalized spacial score (nSPS) is 22.6. The van der Waals surface area contributed by atoms with E-state index in [1.807, 2.05) is 19.1 Å². The molecule has 5 atom stereocenters. The summed E-state index contributed by atoms with van der Waals surface area (Å²) in [6.45, 7) is 8.77. The van der Waals surface area contributed by atoms with Crippen molar-refractivity contribution < 1.29 is 19.3 Å². The topological polar surface area (TPSA) is 51.2 Å². The van der Waals surface area contributed by atoms with Gasteiger partial charge in [0, 0.05) is 6.42 Å². The second-order valence-corrected chi connectivity index (χ2v) is 12.0. The first-order valence-corrected chi connectivity index (χ1v) is 15.8. The predicted octanol–water partition coefficient (Wildman–Crippen LogP) is 7.55. The van der Waals surface area contributed by atoms with E-state index in [1.54, 1.807) is 0 Å². The molecule has 1 saturated carbocycles. The number of nitrogens with zero attached hydrogens (tertiary/aromatic N) is 1. The van der Waals surface area contributed by atoms with Crippen molar-refractivity contribution in [2.24, 2.45) is 0 Å². The largest absolute Gasteiger partial charge is 0.388 e. The van der Waals surface area contributed by atoms with Crippen molar-refractivity contribution in [2.75, 3.05) is 20.2 Å². The monoisotopic (exact) mass is 553 g/mol. The van der Waals surface area contributed by atoms with E-state index in [4.69, 9.17) is 14.2 Å². The molecule has 1 aliphatic rings.